The number of carbonyl (C=O) groups is 2. The molecular weight excluding hydrogens is 234 g/mol. The van der Waals surface area contributed by atoms with E-state index in [0.29, 0.717) is 25.3 Å². The van der Waals surface area contributed by atoms with E-state index in [2.05, 4.69) is 5.32 Å². The van der Waals surface area contributed by atoms with E-state index in [0.717, 1.165) is 5.56 Å². The van der Waals surface area contributed by atoms with Crippen molar-refractivity contribution in [1.29, 1.82) is 0 Å². The predicted octanol–water partition coefficient (Wildman–Crippen LogP) is -0.484. The molecule has 0 unspecified atom stereocenters. The average molecular weight is 251 g/mol. The van der Waals surface area contributed by atoms with Crippen LogP contribution in [-0.4, -0.2) is 25.0 Å². The number of hydrogen-bond acceptors (Lipinski definition) is 4. The topological polar surface area (TPSA) is 107 Å². The first-order valence-electron chi connectivity index (χ1n) is 5.57. The van der Waals surface area contributed by atoms with E-state index in [1.165, 1.54) is 0 Å². The molecule has 1 aromatic rings. The lowest BCUT2D eigenvalue weighted by atomic mass is 10.2. The second-order valence-electron chi connectivity index (χ2n) is 3.79. The third-order valence-corrected chi connectivity index (χ3v) is 2.18. The Morgan fingerprint density at radius 2 is 1.78 bits per heavy atom. The average Bonchev–Trinajstić information content (AvgIpc) is 2.33. The number of hydrogen-bond donors (Lipinski definition) is 3. The van der Waals surface area contributed by atoms with Gasteiger partial charge in [0.25, 0.3) is 5.91 Å². The highest BCUT2D eigenvalue weighted by Crippen LogP contribution is 2.11. The minimum absolute atomic E-state index is 0.129. The van der Waals surface area contributed by atoms with Gasteiger partial charge in [0.05, 0.1) is 0 Å². The minimum Gasteiger partial charge on any atom is -0.484 e. The van der Waals surface area contributed by atoms with Gasteiger partial charge in [-0.15, -0.1) is 0 Å². The van der Waals surface area contributed by atoms with Gasteiger partial charge in [-0.25, -0.2) is 0 Å². The molecule has 1 aromatic carbocycles. The molecule has 0 aliphatic carbocycles. The fraction of sp³-hybridized carbons (Fsp3) is 0.333. The largest absolute Gasteiger partial charge is 0.484 e. The lowest BCUT2D eigenvalue weighted by Crippen LogP contribution is -2.21. The smallest absolute Gasteiger partial charge is 0.255 e. The molecule has 98 valence electrons. The van der Waals surface area contributed by atoms with Crippen LogP contribution in [0.5, 0.6) is 5.75 Å². The zero-order valence-electron chi connectivity index (χ0n) is 10.0. The first kappa shape index (κ1) is 14.0. The molecule has 0 aliphatic heterocycles. The highest BCUT2D eigenvalue weighted by molar-refractivity contribution is 5.75. The molecular formula is C12H17N3O3. The van der Waals surface area contributed by atoms with Gasteiger partial charge in [0, 0.05) is 19.5 Å². The number of nitrogens with two attached hydrogens (primary N) is 2. The van der Waals surface area contributed by atoms with Crippen molar-refractivity contribution in [3.05, 3.63) is 29.8 Å². The van der Waals surface area contributed by atoms with E-state index in [1.54, 1.807) is 12.1 Å². The third kappa shape index (κ3) is 5.86. The third-order valence-electron chi connectivity index (χ3n) is 2.18. The molecule has 0 heterocycles. The number of amides is 2. The van der Waals surface area contributed by atoms with Gasteiger partial charge in [-0.3, -0.25) is 9.59 Å². The fourth-order valence-electron chi connectivity index (χ4n) is 1.30. The van der Waals surface area contributed by atoms with Crippen LogP contribution in [0.15, 0.2) is 24.3 Å². The van der Waals surface area contributed by atoms with Gasteiger partial charge in [-0.05, 0) is 17.7 Å². The molecule has 5 N–H and O–H groups in total. The SMILES string of the molecule is NC(=O)CCNCc1ccc(OCC(N)=O)cc1. The highest BCUT2D eigenvalue weighted by Gasteiger charge is 1.99. The summed E-state index contributed by atoms with van der Waals surface area (Å²) < 4.78 is 5.12. The summed E-state index contributed by atoms with van der Waals surface area (Å²) in [6.45, 7) is 1.06. The van der Waals surface area contributed by atoms with Gasteiger partial charge in [0.1, 0.15) is 5.75 Å². The Morgan fingerprint density at radius 1 is 1.11 bits per heavy atom. The van der Waals surface area contributed by atoms with Crippen molar-refractivity contribution in [3.63, 3.8) is 0 Å². The van der Waals surface area contributed by atoms with Crippen LogP contribution in [0.3, 0.4) is 0 Å². The second-order valence-corrected chi connectivity index (χ2v) is 3.79. The van der Waals surface area contributed by atoms with Gasteiger partial charge in [-0.1, -0.05) is 12.1 Å². The minimum atomic E-state index is -0.507. The van der Waals surface area contributed by atoms with Crippen LogP contribution in [0.25, 0.3) is 0 Å². The van der Waals surface area contributed by atoms with E-state index in [4.69, 9.17) is 16.2 Å². The molecule has 6 heteroatoms. The zero-order chi connectivity index (χ0) is 13.4. The number of benzene rings is 1. The number of carbonyl (C=O) groups excluding carboxylic acids is 2. The van der Waals surface area contributed by atoms with Gasteiger partial charge in [0.2, 0.25) is 5.91 Å². The van der Waals surface area contributed by atoms with Crippen LogP contribution >= 0.6 is 0 Å². The molecule has 0 saturated heterocycles. The highest BCUT2D eigenvalue weighted by atomic mass is 16.5. The molecule has 2 amide bonds. The molecule has 0 spiro atoms. The summed E-state index contributed by atoms with van der Waals surface area (Å²) in [5.41, 5.74) is 11.0. The van der Waals surface area contributed by atoms with Crippen molar-refractivity contribution in [2.45, 2.75) is 13.0 Å². The second kappa shape index (κ2) is 7.29. The van der Waals surface area contributed by atoms with Crippen LogP contribution in [-0.2, 0) is 16.1 Å². The number of primary amides is 2. The summed E-state index contributed by atoms with van der Waals surface area (Å²) in [7, 11) is 0. The van der Waals surface area contributed by atoms with E-state index >= 15 is 0 Å². The van der Waals surface area contributed by atoms with Crippen molar-refractivity contribution in [1.82, 2.24) is 5.32 Å². The molecule has 0 radical (unpaired) electrons. The van der Waals surface area contributed by atoms with Crippen LogP contribution in [0.2, 0.25) is 0 Å². The Bertz CT molecular complexity index is 404. The maximum atomic E-state index is 10.5. The van der Waals surface area contributed by atoms with Crippen LogP contribution in [0.4, 0.5) is 0 Å². The number of rotatable bonds is 8. The van der Waals surface area contributed by atoms with Crippen LogP contribution in [0.1, 0.15) is 12.0 Å². The van der Waals surface area contributed by atoms with Crippen molar-refractivity contribution in [3.8, 4) is 5.75 Å². The molecule has 0 aromatic heterocycles. The number of ether oxygens (including phenoxy) is 1. The van der Waals surface area contributed by atoms with Crippen molar-refractivity contribution < 1.29 is 14.3 Å². The van der Waals surface area contributed by atoms with E-state index in [-0.39, 0.29) is 12.5 Å². The molecule has 0 atom stereocenters. The Balaban J connectivity index is 2.31. The quantitative estimate of drug-likeness (QED) is 0.542. The maximum Gasteiger partial charge on any atom is 0.255 e. The lowest BCUT2D eigenvalue weighted by molar-refractivity contribution is -0.120. The van der Waals surface area contributed by atoms with Crippen LogP contribution < -0.4 is 21.5 Å². The van der Waals surface area contributed by atoms with Crippen molar-refractivity contribution in [2.24, 2.45) is 11.5 Å². The summed E-state index contributed by atoms with van der Waals surface area (Å²) in [5.74, 6) is -0.236. The monoisotopic (exact) mass is 251 g/mol. The first-order chi connectivity index (χ1) is 8.58. The standard InChI is InChI=1S/C12H17N3O3/c13-11(16)5-6-15-7-9-1-3-10(4-2-9)18-8-12(14)17/h1-4,15H,5-8H2,(H2,13,16)(H2,14,17). The first-order valence-corrected chi connectivity index (χ1v) is 5.57. The van der Waals surface area contributed by atoms with Gasteiger partial charge in [-0.2, -0.15) is 0 Å². The lowest BCUT2D eigenvalue weighted by Gasteiger charge is -2.06. The van der Waals surface area contributed by atoms with E-state index < -0.39 is 5.91 Å². The van der Waals surface area contributed by atoms with Crippen molar-refractivity contribution in [2.75, 3.05) is 13.2 Å². The van der Waals surface area contributed by atoms with E-state index in [1.807, 2.05) is 12.1 Å². The molecule has 6 nitrogen and oxygen atoms in total. The van der Waals surface area contributed by atoms with Gasteiger partial charge in [0.15, 0.2) is 6.61 Å². The summed E-state index contributed by atoms with van der Waals surface area (Å²) in [4.78, 5) is 21.0. The Hall–Kier alpha value is -2.08. The maximum absolute atomic E-state index is 10.5. The molecule has 0 saturated carbocycles. The molecule has 0 aliphatic rings. The normalized spacial score (nSPS) is 10.0. The van der Waals surface area contributed by atoms with Crippen LogP contribution in [0, 0.1) is 0 Å². The summed E-state index contributed by atoms with van der Waals surface area (Å²) >= 11 is 0. The summed E-state index contributed by atoms with van der Waals surface area (Å²) in [6.07, 6.45) is 0.319. The predicted molar refractivity (Wildman–Crippen MR) is 66.6 cm³/mol. The summed E-state index contributed by atoms with van der Waals surface area (Å²) in [5, 5.41) is 3.09. The fourth-order valence-corrected chi connectivity index (χ4v) is 1.30. The van der Waals surface area contributed by atoms with Gasteiger partial charge >= 0.3 is 0 Å². The molecule has 0 bridgehead atoms. The molecule has 1 rings (SSSR count). The summed E-state index contributed by atoms with van der Waals surface area (Å²) in [6, 6.07) is 7.25. The van der Waals surface area contributed by atoms with Gasteiger partial charge < -0.3 is 21.5 Å². The molecule has 18 heavy (non-hydrogen) atoms. The Kier molecular flexibility index (Phi) is 5.66. The Labute approximate surface area is 105 Å². The zero-order valence-corrected chi connectivity index (χ0v) is 10.0. The number of nitrogens with one attached hydrogen (secondary N) is 1. The van der Waals surface area contributed by atoms with E-state index in [9.17, 15) is 9.59 Å². The Morgan fingerprint density at radius 3 is 2.33 bits per heavy atom. The molecule has 0 fully saturated rings. The van der Waals surface area contributed by atoms with Crippen molar-refractivity contribution >= 4 is 11.8 Å².